The number of rotatable bonds is 17. The van der Waals surface area contributed by atoms with Crippen molar-refractivity contribution in [2.75, 3.05) is 0 Å². The first-order valence-electron chi connectivity index (χ1n) is 18.2. The van der Waals surface area contributed by atoms with Gasteiger partial charge in [0.25, 0.3) is 0 Å². The predicted octanol–water partition coefficient (Wildman–Crippen LogP) is 3.17. The van der Waals surface area contributed by atoms with E-state index in [9.17, 15) is 24.0 Å². The Bertz CT molecular complexity index is 2100. The fourth-order valence-corrected chi connectivity index (χ4v) is 6.45. The van der Waals surface area contributed by atoms with Gasteiger partial charge in [-0.1, -0.05) is 105 Å². The summed E-state index contributed by atoms with van der Waals surface area (Å²) >= 11 is 0. The summed E-state index contributed by atoms with van der Waals surface area (Å²) in [7, 11) is 0. The number of aromatic nitrogens is 1. The normalized spacial score (nSPS) is 14.1. The maximum Gasteiger partial charge on any atom is 0.243 e. The van der Waals surface area contributed by atoms with E-state index in [1.54, 1.807) is 6.20 Å². The third kappa shape index (κ3) is 10.5. The Kier molecular flexibility index (Phi) is 13.2. The number of fused-ring (bicyclic) bond motifs is 2. The Balaban J connectivity index is 1.33. The molecule has 1 heterocycles. The number of para-hydroxylation sites is 1. The molecule has 5 atom stereocenters. The van der Waals surface area contributed by atoms with E-state index in [0.29, 0.717) is 6.42 Å². The molecule has 1 aromatic heterocycles. The molecule has 12 nitrogen and oxygen atoms in total. The summed E-state index contributed by atoms with van der Waals surface area (Å²) in [5.41, 5.74) is 15.2. The van der Waals surface area contributed by atoms with Gasteiger partial charge < -0.3 is 37.7 Å². The first-order chi connectivity index (χ1) is 25.9. The predicted molar refractivity (Wildman–Crippen MR) is 210 cm³/mol. The van der Waals surface area contributed by atoms with Crippen molar-refractivity contribution in [1.29, 1.82) is 0 Å². The van der Waals surface area contributed by atoms with Gasteiger partial charge in [0, 0.05) is 29.9 Å². The zero-order valence-electron chi connectivity index (χ0n) is 30.8. The molecule has 5 rings (SSSR count). The lowest BCUT2D eigenvalue weighted by Gasteiger charge is -2.26. The molecule has 54 heavy (non-hydrogen) atoms. The number of aromatic amines is 1. The number of hydrogen-bond acceptors (Lipinski definition) is 6. The Morgan fingerprint density at radius 1 is 0.611 bits per heavy atom. The average molecular weight is 732 g/mol. The number of amides is 5. The molecule has 9 N–H and O–H groups in total. The lowest BCUT2D eigenvalue weighted by Crippen LogP contribution is -2.59. The van der Waals surface area contributed by atoms with Crippen LogP contribution in [0.1, 0.15) is 43.9 Å². The van der Waals surface area contributed by atoms with Crippen LogP contribution in [0.2, 0.25) is 0 Å². The quantitative estimate of drug-likeness (QED) is 0.0766. The van der Waals surface area contributed by atoms with Crippen molar-refractivity contribution in [3.8, 4) is 0 Å². The van der Waals surface area contributed by atoms with Crippen molar-refractivity contribution < 1.29 is 24.0 Å². The monoisotopic (exact) mass is 731 g/mol. The van der Waals surface area contributed by atoms with Gasteiger partial charge >= 0.3 is 0 Å². The van der Waals surface area contributed by atoms with Gasteiger partial charge in [-0.15, -0.1) is 0 Å². The molecule has 282 valence electrons. The maximum atomic E-state index is 14.2. The van der Waals surface area contributed by atoms with Crippen molar-refractivity contribution in [3.63, 3.8) is 0 Å². The Labute approximate surface area is 314 Å². The van der Waals surface area contributed by atoms with Crippen LogP contribution in [-0.4, -0.2) is 64.7 Å². The minimum Gasteiger partial charge on any atom is -0.368 e. The van der Waals surface area contributed by atoms with Crippen LogP contribution in [0.15, 0.2) is 103 Å². The molecule has 0 aliphatic carbocycles. The summed E-state index contributed by atoms with van der Waals surface area (Å²) in [5.74, 6) is -2.97. The lowest BCUT2D eigenvalue weighted by molar-refractivity contribution is -0.134. The van der Waals surface area contributed by atoms with E-state index in [0.717, 1.165) is 38.4 Å². The fraction of sp³-hybridized carbons (Fsp3) is 0.310. The SMILES string of the molecule is CC(C)C[C@H](NC(=O)[C@@H](Cc1ccccc1)NC(=O)[C@H](Cc1c[nH]c2ccccc12)NC(=O)[C@H](C)NC(=O)[C@H](N)Cc1ccc2ccccc2c1)C(N)=O. The highest BCUT2D eigenvalue weighted by atomic mass is 16.2. The zero-order valence-corrected chi connectivity index (χ0v) is 30.8. The summed E-state index contributed by atoms with van der Waals surface area (Å²) in [4.78, 5) is 70.2. The number of carbonyl (C=O) groups is 5. The first-order valence-corrected chi connectivity index (χ1v) is 18.2. The highest BCUT2D eigenvalue weighted by Crippen LogP contribution is 2.20. The van der Waals surface area contributed by atoms with E-state index in [2.05, 4.69) is 26.3 Å². The lowest BCUT2D eigenvalue weighted by atomic mass is 10.00. The second-order valence-electron chi connectivity index (χ2n) is 14.2. The summed E-state index contributed by atoms with van der Waals surface area (Å²) in [5, 5.41) is 14.0. The number of nitrogens with two attached hydrogens (primary N) is 2. The molecule has 0 radical (unpaired) electrons. The van der Waals surface area contributed by atoms with Crippen LogP contribution in [0.5, 0.6) is 0 Å². The van der Waals surface area contributed by atoms with Crippen LogP contribution in [0.25, 0.3) is 21.7 Å². The second kappa shape index (κ2) is 18.2. The van der Waals surface area contributed by atoms with Crippen LogP contribution in [-0.2, 0) is 43.2 Å². The largest absolute Gasteiger partial charge is 0.368 e. The number of hydrogen-bond donors (Lipinski definition) is 7. The van der Waals surface area contributed by atoms with Crippen molar-refractivity contribution in [1.82, 2.24) is 26.3 Å². The number of H-pyrrole nitrogens is 1. The van der Waals surface area contributed by atoms with E-state index < -0.39 is 59.7 Å². The molecule has 0 spiro atoms. The minimum absolute atomic E-state index is 0.0662. The van der Waals surface area contributed by atoms with E-state index in [1.807, 2.05) is 111 Å². The smallest absolute Gasteiger partial charge is 0.243 e. The molecule has 0 aliphatic rings. The standard InChI is InChI=1S/C42H49N7O5/c1-25(2)19-35(38(44)50)47-41(53)36(22-27-11-5-4-6-12-27)49-42(54)37(23-31-24-45-34-16-10-9-15-32(31)34)48-39(51)26(3)46-40(52)33(43)21-28-17-18-29-13-7-8-14-30(29)20-28/h4-18,20,24-26,33,35-37,45H,19,21-23,43H2,1-3H3,(H2,44,50)(H,46,52)(H,47,53)(H,48,51)(H,49,54)/t26-,33+,35-,36+,37-/m0/s1. The second-order valence-corrected chi connectivity index (χ2v) is 14.2. The molecular formula is C42H49N7O5. The third-order valence-electron chi connectivity index (χ3n) is 9.37. The topological polar surface area (TPSA) is 201 Å². The Morgan fingerprint density at radius 3 is 1.93 bits per heavy atom. The van der Waals surface area contributed by atoms with E-state index in [1.165, 1.54) is 6.92 Å². The average Bonchev–Trinajstić information content (AvgIpc) is 3.56. The van der Waals surface area contributed by atoms with Gasteiger partial charge in [-0.2, -0.15) is 0 Å². The van der Waals surface area contributed by atoms with E-state index in [4.69, 9.17) is 11.5 Å². The van der Waals surface area contributed by atoms with Crippen molar-refractivity contribution in [2.24, 2.45) is 17.4 Å². The molecule has 4 aromatic carbocycles. The summed E-state index contributed by atoms with van der Waals surface area (Å²) in [6, 6.07) is 25.3. The van der Waals surface area contributed by atoms with E-state index >= 15 is 0 Å². The molecule has 5 amide bonds. The van der Waals surface area contributed by atoms with Crippen LogP contribution in [0.3, 0.4) is 0 Å². The van der Waals surface area contributed by atoms with Gasteiger partial charge in [-0.25, -0.2) is 0 Å². The molecular weight excluding hydrogens is 683 g/mol. The van der Waals surface area contributed by atoms with Crippen LogP contribution >= 0.6 is 0 Å². The summed E-state index contributed by atoms with van der Waals surface area (Å²) in [6.07, 6.45) is 2.53. The Hall–Kier alpha value is -6.01. The van der Waals surface area contributed by atoms with Crippen LogP contribution in [0.4, 0.5) is 0 Å². The number of primary amides is 1. The maximum absolute atomic E-state index is 14.2. The molecule has 12 heteroatoms. The first kappa shape index (κ1) is 39.2. The van der Waals surface area contributed by atoms with Gasteiger partial charge in [0.2, 0.25) is 29.5 Å². The van der Waals surface area contributed by atoms with Crippen LogP contribution < -0.4 is 32.7 Å². The Morgan fingerprint density at radius 2 is 1.22 bits per heavy atom. The molecule has 0 bridgehead atoms. The van der Waals surface area contributed by atoms with Gasteiger partial charge in [-0.3, -0.25) is 24.0 Å². The highest BCUT2D eigenvalue weighted by Gasteiger charge is 2.31. The van der Waals surface area contributed by atoms with Crippen molar-refractivity contribution in [2.45, 2.75) is 76.7 Å². The minimum atomic E-state index is -1.16. The van der Waals surface area contributed by atoms with Gasteiger partial charge in [0.1, 0.15) is 24.2 Å². The zero-order chi connectivity index (χ0) is 38.8. The molecule has 0 saturated carbocycles. The molecule has 0 unspecified atom stereocenters. The molecule has 0 fully saturated rings. The number of nitrogens with one attached hydrogen (secondary N) is 5. The number of benzene rings is 4. The molecule has 5 aromatic rings. The highest BCUT2D eigenvalue weighted by molar-refractivity contribution is 5.96. The number of carbonyl (C=O) groups excluding carboxylic acids is 5. The molecule has 0 aliphatic heterocycles. The third-order valence-corrected chi connectivity index (χ3v) is 9.37. The van der Waals surface area contributed by atoms with Crippen molar-refractivity contribution in [3.05, 3.63) is 120 Å². The molecule has 0 saturated heterocycles. The fourth-order valence-electron chi connectivity index (χ4n) is 6.45. The van der Waals surface area contributed by atoms with Gasteiger partial charge in [0.15, 0.2) is 0 Å². The summed E-state index contributed by atoms with van der Waals surface area (Å²) in [6.45, 7) is 5.33. The summed E-state index contributed by atoms with van der Waals surface area (Å²) < 4.78 is 0. The van der Waals surface area contributed by atoms with Crippen LogP contribution in [0, 0.1) is 5.92 Å². The van der Waals surface area contributed by atoms with Gasteiger partial charge in [0.05, 0.1) is 6.04 Å². The van der Waals surface area contributed by atoms with Gasteiger partial charge in [-0.05, 0) is 59.2 Å². The van der Waals surface area contributed by atoms with Crippen molar-refractivity contribution >= 4 is 51.2 Å². The van der Waals surface area contributed by atoms with E-state index in [-0.39, 0.29) is 25.2 Å².